The number of aromatic hydroxyl groups is 1. The van der Waals surface area contributed by atoms with Gasteiger partial charge in [-0.05, 0) is 62.4 Å². The molecule has 1 aliphatic carbocycles. The molecule has 7 rings (SSSR count). The van der Waals surface area contributed by atoms with Crippen LogP contribution in [0.1, 0.15) is 18.5 Å². The van der Waals surface area contributed by atoms with Gasteiger partial charge in [-0.2, -0.15) is 9.97 Å². The van der Waals surface area contributed by atoms with Crippen molar-refractivity contribution < 1.29 is 13.9 Å². The van der Waals surface area contributed by atoms with Gasteiger partial charge in [-0.15, -0.1) is 0 Å². The highest BCUT2D eigenvalue weighted by molar-refractivity contribution is 5.79. The lowest BCUT2D eigenvalue weighted by molar-refractivity contribution is 0.0160. The fourth-order valence-electron chi connectivity index (χ4n) is 5.85. The first-order chi connectivity index (χ1) is 16.5. The highest BCUT2D eigenvalue weighted by Crippen LogP contribution is 2.41. The number of aromatic nitrogens is 5. The lowest BCUT2D eigenvalue weighted by Crippen LogP contribution is -2.50. The predicted octanol–water partition coefficient (Wildman–Crippen LogP) is 3.83. The lowest BCUT2D eigenvalue weighted by atomic mass is 9.70. The topological polar surface area (TPSA) is 80.0 Å². The number of allylic oxidation sites excluding steroid dienone is 4. The van der Waals surface area contributed by atoms with E-state index >= 15 is 4.39 Å². The Kier molecular flexibility index (Phi) is 5.17. The summed E-state index contributed by atoms with van der Waals surface area (Å²) >= 11 is 0. The lowest BCUT2D eigenvalue weighted by Gasteiger charge is -2.48. The highest BCUT2D eigenvalue weighted by Gasteiger charge is 2.40. The van der Waals surface area contributed by atoms with Crippen LogP contribution in [0.5, 0.6) is 6.01 Å². The Morgan fingerprint density at radius 2 is 1.97 bits per heavy atom. The van der Waals surface area contributed by atoms with Crippen LogP contribution < -0.4 is 0 Å². The smallest absolute Gasteiger partial charge is 0.316 e. The summed E-state index contributed by atoms with van der Waals surface area (Å²) < 4.78 is 31.2. The van der Waals surface area contributed by atoms with Gasteiger partial charge in [-0.1, -0.05) is 12.2 Å². The average Bonchev–Trinajstić information content (AvgIpc) is 3.18. The number of aryl methyl sites for hydroxylation is 1. The quantitative estimate of drug-likeness (QED) is 0.632. The molecule has 6 heterocycles. The van der Waals surface area contributed by atoms with Crippen LogP contribution in [0, 0.1) is 30.5 Å². The molecular formula is C25H26F2N6O. The molecule has 2 bridgehead atoms. The van der Waals surface area contributed by atoms with Gasteiger partial charge in [0.1, 0.15) is 23.3 Å². The zero-order valence-electron chi connectivity index (χ0n) is 18.9. The van der Waals surface area contributed by atoms with E-state index in [4.69, 9.17) is 0 Å². The van der Waals surface area contributed by atoms with Gasteiger partial charge in [0, 0.05) is 24.2 Å². The second-order valence-corrected chi connectivity index (χ2v) is 9.62. The minimum absolute atomic E-state index is 0.114. The van der Waals surface area contributed by atoms with Crippen LogP contribution in [0.25, 0.3) is 22.6 Å². The standard InChI is InChI=1S/C25H26F2N6O/c1-14-22-24(31-25(34)29-14)33(23(30-22)17-9-18(26)11-28-10-17)12-15-2-3-19(21(27)8-15)20-13-32-6-4-16(20)5-7-32/h2-3,8-11,16,19-21H,4-7,12-13H2,1H3,(H,29,31,34). The molecular weight excluding hydrogens is 438 g/mol. The van der Waals surface area contributed by atoms with Crippen LogP contribution in [-0.4, -0.2) is 60.3 Å². The molecule has 0 aromatic carbocycles. The van der Waals surface area contributed by atoms with E-state index in [9.17, 15) is 9.50 Å². The Morgan fingerprint density at radius 1 is 1.15 bits per heavy atom. The van der Waals surface area contributed by atoms with Crippen molar-refractivity contribution >= 4 is 11.2 Å². The van der Waals surface area contributed by atoms with Gasteiger partial charge < -0.3 is 14.6 Å². The zero-order valence-corrected chi connectivity index (χ0v) is 18.9. The van der Waals surface area contributed by atoms with Gasteiger partial charge >= 0.3 is 6.01 Å². The Labute approximate surface area is 195 Å². The summed E-state index contributed by atoms with van der Waals surface area (Å²) in [5.41, 5.74) is 2.67. The number of piperidine rings is 3. The summed E-state index contributed by atoms with van der Waals surface area (Å²) in [6.07, 6.45) is 9.61. The molecule has 3 atom stereocenters. The molecule has 3 aromatic rings. The number of alkyl halides is 1. The normalized spacial score (nSPS) is 28.4. The monoisotopic (exact) mass is 464 g/mol. The number of hydrogen-bond acceptors (Lipinski definition) is 6. The van der Waals surface area contributed by atoms with Crippen molar-refractivity contribution in [2.75, 3.05) is 19.6 Å². The molecule has 176 valence electrons. The number of fused-ring (bicyclic) bond motifs is 4. The van der Waals surface area contributed by atoms with E-state index in [0.29, 0.717) is 40.1 Å². The maximum Gasteiger partial charge on any atom is 0.316 e. The summed E-state index contributed by atoms with van der Waals surface area (Å²) in [5, 5.41) is 10.0. The fraction of sp³-hybridized carbons (Fsp3) is 0.440. The van der Waals surface area contributed by atoms with E-state index in [0.717, 1.165) is 44.2 Å². The first-order valence-electron chi connectivity index (χ1n) is 11.8. The predicted molar refractivity (Wildman–Crippen MR) is 123 cm³/mol. The van der Waals surface area contributed by atoms with Crippen molar-refractivity contribution in [3.63, 3.8) is 0 Å². The maximum absolute atomic E-state index is 15.5. The molecule has 3 fully saturated rings. The molecule has 1 N–H and O–H groups in total. The molecule has 0 amide bonds. The maximum atomic E-state index is 15.5. The highest BCUT2D eigenvalue weighted by atomic mass is 19.1. The number of halogens is 2. The van der Waals surface area contributed by atoms with Crippen molar-refractivity contribution in [2.24, 2.45) is 17.8 Å². The third-order valence-electron chi connectivity index (χ3n) is 7.54. The third-order valence-corrected chi connectivity index (χ3v) is 7.54. The Morgan fingerprint density at radius 3 is 2.68 bits per heavy atom. The van der Waals surface area contributed by atoms with E-state index < -0.39 is 12.0 Å². The van der Waals surface area contributed by atoms with Crippen molar-refractivity contribution in [1.29, 1.82) is 0 Å². The van der Waals surface area contributed by atoms with E-state index in [1.54, 1.807) is 17.6 Å². The van der Waals surface area contributed by atoms with E-state index in [-0.39, 0.29) is 18.5 Å². The van der Waals surface area contributed by atoms with Crippen molar-refractivity contribution in [2.45, 2.75) is 32.5 Å². The molecule has 34 heavy (non-hydrogen) atoms. The van der Waals surface area contributed by atoms with Crippen LogP contribution in [0.2, 0.25) is 0 Å². The van der Waals surface area contributed by atoms with Gasteiger partial charge in [0.15, 0.2) is 5.65 Å². The van der Waals surface area contributed by atoms with Gasteiger partial charge in [-0.3, -0.25) is 4.98 Å². The van der Waals surface area contributed by atoms with Crippen molar-refractivity contribution in [3.05, 3.63) is 53.8 Å². The third kappa shape index (κ3) is 3.68. The van der Waals surface area contributed by atoms with Crippen LogP contribution in [-0.2, 0) is 6.54 Å². The number of nitrogens with zero attached hydrogens (tertiary/aromatic N) is 6. The van der Waals surface area contributed by atoms with E-state index in [2.05, 4.69) is 24.8 Å². The molecule has 3 aromatic heterocycles. The number of pyridine rings is 1. The summed E-state index contributed by atoms with van der Waals surface area (Å²) in [6.45, 7) is 5.25. The molecule has 0 spiro atoms. The van der Waals surface area contributed by atoms with Crippen LogP contribution in [0.3, 0.4) is 0 Å². The number of imidazole rings is 1. The Bertz CT molecular complexity index is 1310. The van der Waals surface area contributed by atoms with Gasteiger partial charge in [-0.25, -0.2) is 13.8 Å². The second kappa shape index (κ2) is 8.23. The SMILES string of the molecule is Cc1nc(O)nc2c1nc(-c1cncc(F)c1)n2CC1=CC(F)C(C2CN3CCC2CC3)C=C1. The van der Waals surface area contributed by atoms with Crippen LogP contribution >= 0.6 is 0 Å². The molecule has 7 nitrogen and oxygen atoms in total. The number of hydrogen-bond donors (Lipinski definition) is 1. The van der Waals surface area contributed by atoms with Crippen molar-refractivity contribution in [1.82, 2.24) is 29.4 Å². The minimum Gasteiger partial charge on any atom is -0.479 e. The van der Waals surface area contributed by atoms with Crippen molar-refractivity contribution in [3.8, 4) is 17.4 Å². The molecule has 4 aliphatic rings. The molecule has 0 saturated carbocycles. The molecule has 3 unspecified atom stereocenters. The Hall–Kier alpha value is -3.20. The summed E-state index contributed by atoms with van der Waals surface area (Å²) in [4.78, 5) is 19.2. The summed E-state index contributed by atoms with van der Waals surface area (Å²) in [5.74, 6) is 0.788. The molecule has 3 aliphatic heterocycles. The van der Waals surface area contributed by atoms with E-state index in [1.807, 2.05) is 12.2 Å². The summed E-state index contributed by atoms with van der Waals surface area (Å²) in [6, 6.07) is 0.980. The largest absolute Gasteiger partial charge is 0.479 e. The van der Waals surface area contributed by atoms with E-state index in [1.165, 1.54) is 12.3 Å². The Balaban J connectivity index is 1.35. The van der Waals surface area contributed by atoms with Crippen LogP contribution in [0.4, 0.5) is 8.78 Å². The first-order valence-corrected chi connectivity index (χ1v) is 11.8. The summed E-state index contributed by atoms with van der Waals surface area (Å²) in [7, 11) is 0. The zero-order chi connectivity index (χ0) is 23.4. The first kappa shape index (κ1) is 21.3. The molecule has 9 heteroatoms. The molecule has 3 saturated heterocycles. The fourth-order valence-corrected chi connectivity index (χ4v) is 5.85. The van der Waals surface area contributed by atoms with Crippen LogP contribution in [0.15, 0.2) is 42.3 Å². The van der Waals surface area contributed by atoms with Gasteiger partial charge in [0.2, 0.25) is 0 Å². The van der Waals surface area contributed by atoms with Gasteiger partial charge in [0.05, 0.1) is 18.4 Å². The number of rotatable bonds is 4. The second-order valence-electron chi connectivity index (χ2n) is 9.62. The molecule has 0 radical (unpaired) electrons. The van der Waals surface area contributed by atoms with Gasteiger partial charge in [0.25, 0.3) is 0 Å². The minimum atomic E-state index is -1.07. The average molecular weight is 465 g/mol.